The van der Waals surface area contributed by atoms with Crippen molar-refractivity contribution < 1.29 is 9.53 Å². The van der Waals surface area contributed by atoms with Crippen LogP contribution in [0.15, 0.2) is 30.6 Å². The van der Waals surface area contributed by atoms with E-state index in [0.29, 0.717) is 17.1 Å². The molecule has 1 N–H and O–H groups in total. The molecule has 0 saturated carbocycles. The summed E-state index contributed by atoms with van der Waals surface area (Å²) in [6.07, 6.45) is 6.03. The molecule has 0 atom stereocenters. The standard InChI is InChI=1S/C18H17N3O2S/c1-23-13-8-4-2-6-11(13)17(22)21-16-15-12-7-3-5-9-14(12)24-18(15)20-10-19-16/h2,4,6,8,10H,3,5,7,9H2,1H3,(H,19,20,21,22). The van der Waals surface area contributed by atoms with Crippen molar-refractivity contribution in [1.82, 2.24) is 9.97 Å². The molecule has 1 aliphatic rings. The Labute approximate surface area is 143 Å². The summed E-state index contributed by atoms with van der Waals surface area (Å²) in [6.45, 7) is 0. The number of para-hydroxylation sites is 1. The summed E-state index contributed by atoms with van der Waals surface area (Å²) in [5, 5.41) is 3.95. The summed E-state index contributed by atoms with van der Waals surface area (Å²) < 4.78 is 5.28. The van der Waals surface area contributed by atoms with Crippen molar-refractivity contribution in [1.29, 1.82) is 0 Å². The van der Waals surface area contributed by atoms with Gasteiger partial charge in [0.15, 0.2) is 0 Å². The normalized spacial score (nSPS) is 13.5. The summed E-state index contributed by atoms with van der Waals surface area (Å²) in [7, 11) is 1.56. The van der Waals surface area contributed by atoms with E-state index < -0.39 is 0 Å². The zero-order valence-electron chi connectivity index (χ0n) is 13.3. The molecule has 0 aliphatic heterocycles. The molecule has 4 rings (SSSR count). The number of fused-ring (bicyclic) bond motifs is 3. The molecular weight excluding hydrogens is 322 g/mol. The third-order valence-corrected chi connectivity index (χ3v) is 5.53. The number of anilines is 1. The van der Waals surface area contributed by atoms with E-state index in [4.69, 9.17) is 4.74 Å². The van der Waals surface area contributed by atoms with Crippen LogP contribution < -0.4 is 10.1 Å². The maximum Gasteiger partial charge on any atom is 0.260 e. The number of thiophene rings is 1. The second-order valence-electron chi connectivity index (χ2n) is 5.77. The molecule has 122 valence electrons. The molecule has 0 unspecified atom stereocenters. The number of benzene rings is 1. The van der Waals surface area contributed by atoms with Crippen LogP contribution in [0.3, 0.4) is 0 Å². The van der Waals surface area contributed by atoms with Crippen LogP contribution in [0.2, 0.25) is 0 Å². The van der Waals surface area contributed by atoms with E-state index in [2.05, 4.69) is 15.3 Å². The van der Waals surface area contributed by atoms with Crippen molar-refractivity contribution >= 4 is 33.3 Å². The molecule has 2 heterocycles. The highest BCUT2D eigenvalue weighted by Crippen LogP contribution is 2.38. The lowest BCUT2D eigenvalue weighted by molar-refractivity contribution is 0.102. The van der Waals surface area contributed by atoms with E-state index in [1.165, 1.54) is 29.6 Å². The Morgan fingerprint density at radius 3 is 2.92 bits per heavy atom. The molecule has 0 bridgehead atoms. The second kappa shape index (κ2) is 6.20. The summed E-state index contributed by atoms with van der Waals surface area (Å²) >= 11 is 1.72. The van der Waals surface area contributed by atoms with Crippen molar-refractivity contribution in [2.45, 2.75) is 25.7 Å². The average molecular weight is 339 g/mol. The number of rotatable bonds is 3. The number of aromatic nitrogens is 2. The van der Waals surface area contributed by atoms with Gasteiger partial charge in [0.1, 0.15) is 22.7 Å². The number of nitrogens with zero attached hydrogens (tertiary/aromatic N) is 2. The molecule has 6 heteroatoms. The van der Waals surface area contributed by atoms with Crippen LogP contribution in [0.5, 0.6) is 5.75 Å². The first-order valence-corrected chi connectivity index (χ1v) is 8.79. The molecule has 3 aromatic rings. The number of amides is 1. The van der Waals surface area contributed by atoms with E-state index in [0.717, 1.165) is 23.1 Å². The van der Waals surface area contributed by atoms with Crippen LogP contribution in [0, 0.1) is 0 Å². The molecule has 0 spiro atoms. The zero-order valence-corrected chi connectivity index (χ0v) is 14.2. The number of hydrogen-bond donors (Lipinski definition) is 1. The van der Waals surface area contributed by atoms with E-state index in [1.54, 1.807) is 30.6 Å². The van der Waals surface area contributed by atoms with Gasteiger partial charge in [-0.25, -0.2) is 9.97 Å². The molecule has 1 aliphatic carbocycles. The van der Waals surface area contributed by atoms with Gasteiger partial charge in [0.05, 0.1) is 18.1 Å². The average Bonchev–Trinajstić information content (AvgIpc) is 3.01. The first kappa shape index (κ1) is 15.1. The van der Waals surface area contributed by atoms with Gasteiger partial charge in [-0.2, -0.15) is 0 Å². The molecule has 0 saturated heterocycles. The van der Waals surface area contributed by atoms with E-state index in [9.17, 15) is 4.79 Å². The summed E-state index contributed by atoms with van der Waals surface area (Å²) in [5.74, 6) is 0.922. The quantitative estimate of drug-likeness (QED) is 0.787. The molecule has 0 fully saturated rings. The number of hydrogen-bond acceptors (Lipinski definition) is 5. The maximum atomic E-state index is 12.7. The maximum absolute atomic E-state index is 12.7. The number of aryl methyl sites for hydroxylation is 2. The Morgan fingerprint density at radius 2 is 2.04 bits per heavy atom. The van der Waals surface area contributed by atoms with Crippen molar-refractivity contribution in [3.63, 3.8) is 0 Å². The highest BCUT2D eigenvalue weighted by Gasteiger charge is 2.21. The second-order valence-corrected chi connectivity index (χ2v) is 6.85. The van der Waals surface area contributed by atoms with Crippen molar-refractivity contribution in [2.75, 3.05) is 12.4 Å². The lowest BCUT2D eigenvalue weighted by Crippen LogP contribution is -2.14. The van der Waals surface area contributed by atoms with Crippen LogP contribution in [0.4, 0.5) is 5.82 Å². The fourth-order valence-electron chi connectivity index (χ4n) is 3.19. The van der Waals surface area contributed by atoms with Gasteiger partial charge in [-0.15, -0.1) is 11.3 Å². The predicted molar refractivity (Wildman–Crippen MR) is 95.0 cm³/mol. The van der Waals surface area contributed by atoms with Crippen molar-refractivity contribution in [3.8, 4) is 5.75 Å². The first-order valence-electron chi connectivity index (χ1n) is 7.97. The lowest BCUT2D eigenvalue weighted by Gasteiger charge is -2.12. The third kappa shape index (κ3) is 2.53. The Balaban J connectivity index is 1.74. The number of nitrogens with one attached hydrogen (secondary N) is 1. The van der Waals surface area contributed by atoms with Crippen LogP contribution >= 0.6 is 11.3 Å². The van der Waals surface area contributed by atoms with Crippen LogP contribution in [0.1, 0.15) is 33.6 Å². The van der Waals surface area contributed by atoms with Gasteiger partial charge in [0, 0.05) is 4.88 Å². The number of ether oxygens (including phenoxy) is 1. The fourth-order valence-corrected chi connectivity index (χ4v) is 4.42. The smallest absolute Gasteiger partial charge is 0.260 e. The molecule has 2 aromatic heterocycles. The topological polar surface area (TPSA) is 64.1 Å². The van der Waals surface area contributed by atoms with E-state index in [-0.39, 0.29) is 5.91 Å². The van der Waals surface area contributed by atoms with Gasteiger partial charge < -0.3 is 10.1 Å². The monoisotopic (exact) mass is 339 g/mol. The Morgan fingerprint density at radius 1 is 1.21 bits per heavy atom. The summed E-state index contributed by atoms with van der Waals surface area (Å²) in [4.78, 5) is 23.7. The van der Waals surface area contributed by atoms with Crippen molar-refractivity contribution in [3.05, 3.63) is 46.6 Å². The minimum Gasteiger partial charge on any atom is -0.496 e. The van der Waals surface area contributed by atoms with Crippen LogP contribution in [0.25, 0.3) is 10.2 Å². The SMILES string of the molecule is COc1ccccc1C(=O)Nc1ncnc2sc3c(c12)CCCC3. The fraction of sp³-hybridized carbons (Fsp3) is 0.278. The number of methoxy groups -OCH3 is 1. The van der Waals surface area contributed by atoms with Gasteiger partial charge in [-0.1, -0.05) is 12.1 Å². The van der Waals surface area contributed by atoms with Gasteiger partial charge in [0.25, 0.3) is 5.91 Å². The summed E-state index contributed by atoms with van der Waals surface area (Å²) in [6, 6.07) is 7.18. The molecule has 0 radical (unpaired) electrons. The largest absolute Gasteiger partial charge is 0.496 e. The summed E-state index contributed by atoms with van der Waals surface area (Å²) in [5.41, 5.74) is 1.80. The molecule has 1 aromatic carbocycles. The molecule has 5 nitrogen and oxygen atoms in total. The minimum atomic E-state index is -0.219. The number of carbonyl (C=O) groups is 1. The Bertz CT molecular complexity index is 920. The molecule has 24 heavy (non-hydrogen) atoms. The van der Waals surface area contributed by atoms with Gasteiger partial charge in [-0.3, -0.25) is 4.79 Å². The van der Waals surface area contributed by atoms with Crippen LogP contribution in [-0.4, -0.2) is 23.0 Å². The van der Waals surface area contributed by atoms with Gasteiger partial charge in [-0.05, 0) is 43.4 Å². The van der Waals surface area contributed by atoms with Crippen LogP contribution in [-0.2, 0) is 12.8 Å². The van der Waals surface area contributed by atoms with Gasteiger partial charge >= 0.3 is 0 Å². The first-order chi connectivity index (χ1) is 11.8. The van der Waals surface area contributed by atoms with E-state index in [1.807, 2.05) is 12.1 Å². The molecular formula is C18H17N3O2S. The highest BCUT2D eigenvalue weighted by atomic mass is 32.1. The van der Waals surface area contributed by atoms with Crippen molar-refractivity contribution in [2.24, 2.45) is 0 Å². The zero-order chi connectivity index (χ0) is 16.5. The minimum absolute atomic E-state index is 0.219. The third-order valence-electron chi connectivity index (χ3n) is 4.33. The highest BCUT2D eigenvalue weighted by molar-refractivity contribution is 7.19. The Hall–Kier alpha value is -2.47. The predicted octanol–water partition coefficient (Wildman–Crippen LogP) is 3.83. The lowest BCUT2D eigenvalue weighted by atomic mass is 9.97. The molecule has 1 amide bonds. The van der Waals surface area contributed by atoms with Gasteiger partial charge in [0.2, 0.25) is 0 Å². The number of carbonyl (C=O) groups excluding carboxylic acids is 1. The Kier molecular flexibility index (Phi) is 3.90. The van der Waals surface area contributed by atoms with E-state index >= 15 is 0 Å².